The summed E-state index contributed by atoms with van der Waals surface area (Å²) in [7, 11) is 0. The fraction of sp³-hybridized carbons (Fsp3) is 0.938. The molecule has 2 aliphatic rings. The molecule has 3 unspecified atom stereocenters. The molecule has 0 radical (unpaired) electrons. The van der Waals surface area contributed by atoms with Gasteiger partial charge in [-0.15, -0.1) is 0 Å². The summed E-state index contributed by atoms with van der Waals surface area (Å²) in [5.41, 5.74) is 0. The lowest BCUT2D eigenvalue weighted by atomic mass is 9.68. The van der Waals surface area contributed by atoms with Crippen LogP contribution in [0.15, 0.2) is 0 Å². The normalized spacial score (nSPS) is 34.4. The van der Waals surface area contributed by atoms with Crippen molar-refractivity contribution in [1.82, 2.24) is 0 Å². The fourth-order valence-corrected chi connectivity index (χ4v) is 4.17. The maximum atomic E-state index is 11.4. The van der Waals surface area contributed by atoms with Crippen LogP contribution in [0.1, 0.15) is 71.1 Å². The van der Waals surface area contributed by atoms with Gasteiger partial charge in [0.1, 0.15) is 0 Å². The summed E-state index contributed by atoms with van der Waals surface area (Å²) in [6.45, 7) is 2.25. The van der Waals surface area contributed by atoms with Crippen LogP contribution in [0.4, 0.5) is 0 Å². The Kier molecular flexibility index (Phi) is 5.08. The van der Waals surface area contributed by atoms with Gasteiger partial charge in [-0.2, -0.15) is 0 Å². The van der Waals surface area contributed by atoms with Crippen molar-refractivity contribution in [1.29, 1.82) is 0 Å². The summed E-state index contributed by atoms with van der Waals surface area (Å²) >= 11 is 0. The molecule has 3 atom stereocenters. The van der Waals surface area contributed by atoms with Gasteiger partial charge in [0.05, 0.1) is 5.92 Å². The van der Waals surface area contributed by atoms with Crippen LogP contribution in [0, 0.1) is 23.7 Å². The molecule has 1 N–H and O–H groups in total. The first-order valence-corrected chi connectivity index (χ1v) is 7.93. The molecule has 0 aromatic heterocycles. The number of hydrogen-bond donors (Lipinski definition) is 1. The molecule has 0 saturated heterocycles. The van der Waals surface area contributed by atoms with Crippen LogP contribution in [-0.4, -0.2) is 11.1 Å². The van der Waals surface area contributed by atoms with E-state index in [-0.39, 0.29) is 5.92 Å². The minimum atomic E-state index is -0.537. The second-order valence-electron chi connectivity index (χ2n) is 6.53. The first kappa shape index (κ1) is 13.9. The Hall–Kier alpha value is -0.530. The standard InChI is InChI=1S/C16H28O2/c1-2-12-8-9-15(16(17)18)14(10-12)11-13-6-4-3-5-7-13/h12-15H,2-11H2,1H3,(H,17,18). The number of carboxylic acid groups (broad SMARTS) is 1. The molecular weight excluding hydrogens is 224 g/mol. The first-order chi connectivity index (χ1) is 8.70. The quantitative estimate of drug-likeness (QED) is 0.800. The molecule has 0 aromatic carbocycles. The second-order valence-corrected chi connectivity index (χ2v) is 6.53. The molecule has 0 spiro atoms. The predicted molar refractivity (Wildman–Crippen MR) is 73.4 cm³/mol. The zero-order valence-corrected chi connectivity index (χ0v) is 11.7. The van der Waals surface area contributed by atoms with E-state index in [0.717, 1.165) is 24.7 Å². The summed E-state index contributed by atoms with van der Waals surface area (Å²) in [6, 6.07) is 0. The van der Waals surface area contributed by atoms with Gasteiger partial charge in [-0.25, -0.2) is 0 Å². The lowest BCUT2D eigenvalue weighted by Gasteiger charge is -2.36. The number of hydrogen-bond acceptors (Lipinski definition) is 1. The van der Waals surface area contributed by atoms with Crippen molar-refractivity contribution in [2.24, 2.45) is 23.7 Å². The Balaban J connectivity index is 1.93. The lowest BCUT2D eigenvalue weighted by Crippen LogP contribution is -2.32. The van der Waals surface area contributed by atoms with Gasteiger partial charge in [-0.1, -0.05) is 45.4 Å². The third-order valence-electron chi connectivity index (χ3n) is 5.35. The summed E-state index contributed by atoms with van der Waals surface area (Å²) in [4.78, 5) is 11.4. The average Bonchev–Trinajstić information content (AvgIpc) is 2.39. The van der Waals surface area contributed by atoms with Crippen LogP contribution >= 0.6 is 0 Å². The molecule has 2 heteroatoms. The molecule has 2 saturated carbocycles. The monoisotopic (exact) mass is 252 g/mol. The smallest absolute Gasteiger partial charge is 0.306 e. The molecule has 2 fully saturated rings. The van der Waals surface area contributed by atoms with Crippen LogP contribution in [0.5, 0.6) is 0 Å². The zero-order valence-electron chi connectivity index (χ0n) is 11.7. The third kappa shape index (κ3) is 3.49. The van der Waals surface area contributed by atoms with E-state index in [4.69, 9.17) is 0 Å². The summed E-state index contributed by atoms with van der Waals surface area (Å²) in [5, 5.41) is 9.40. The van der Waals surface area contributed by atoms with Gasteiger partial charge in [0.2, 0.25) is 0 Å². The minimum absolute atomic E-state index is 0.0465. The van der Waals surface area contributed by atoms with Crippen molar-refractivity contribution in [2.75, 3.05) is 0 Å². The van der Waals surface area contributed by atoms with Crippen LogP contribution in [0.3, 0.4) is 0 Å². The molecule has 0 aromatic rings. The topological polar surface area (TPSA) is 37.3 Å². The second kappa shape index (κ2) is 6.58. The first-order valence-electron chi connectivity index (χ1n) is 7.93. The maximum Gasteiger partial charge on any atom is 0.306 e. The molecule has 0 bridgehead atoms. The van der Waals surface area contributed by atoms with Crippen molar-refractivity contribution in [2.45, 2.75) is 71.1 Å². The predicted octanol–water partition coefficient (Wildman–Crippen LogP) is 4.48. The highest BCUT2D eigenvalue weighted by Gasteiger charge is 2.35. The molecule has 104 valence electrons. The van der Waals surface area contributed by atoms with Gasteiger partial charge in [0, 0.05) is 0 Å². The van der Waals surface area contributed by atoms with Crippen LogP contribution < -0.4 is 0 Å². The van der Waals surface area contributed by atoms with E-state index in [1.54, 1.807) is 0 Å². The van der Waals surface area contributed by atoms with Gasteiger partial charge >= 0.3 is 5.97 Å². The van der Waals surface area contributed by atoms with Gasteiger partial charge in [0.15, 0.2) is 0 Å². The van der Waals surface area contributed by atoms with Gasteiger partial charge in [-0.05, 0) is 43.4 Å². The number of aliphatic carboxylic acids is 1. The fourth-order valence-electron chi connectivity index (χ4n) is 4.17. The zero-order chi connectivity index (χ0) is 13.0. The summed E-state index contributed by atoms with van der Waals surface area (Å²) in [5.74, 6) is 1.49. The van der Waals surface area contributed by atoms with E-state index < -0.39 is 5.97 Å². The van der Waals surface area contributed by atoms with Crippen LogP contribution in [0.2, 0.25) is 0 Å². The molecule has 2 rings (SSSR count). The van der Waals surface area contributed by atoms with Gasteiger partial charge in [0.25, 0.3) is 0 Å². The Morgan fingerprint density at radius 2 is 1.78 bits per heavy atom. The molecular formula is C16H28O2. The number of rotatable bonds is 4. The Morgan fingerprint density at radius 1 is 1.06 bits per heavy atom. The molecule has 18 heavy (non-hydrogen) atoms. The van der Waals surface area contributed by atoms with E-state index in [2.05, 4.69) is 6.92 Å². The van der Waals surface area contributed by atoms with E-state index in [0.29, 0.717) is 5.92 Å². The molecule has 2 nitrogen and oxygen atoms in total. The van der Waals surface area contributed by atoms with E-state index in [1.807, 2.05) is 0 Å². The van der Waals surface area contributed by atoms with Gasteiger partial charge in [-0.3, -0.25) is 4.79 Å². The van der Waals surface area contributed by atoms with Crippen molar-refractivity contribution >= 4 is 5.97 Å². The van der Waals surface area contributed by atoms with Crippen LogP contribution in [0.25, 0.3) is 0 Å². The summed E-state index contributed by atoms with van der Waals surface area (Å²) < 4.78 is 0. The average molecular weight is 252 g/mol. The highest BCUT2D eigenvalue weighted by atomic mass is 16.4. The SMILES string of the molecule is CCC1CCC(C(=O)O)C(CC2CCCCC2)C1. The molecule has 0 heterocycles. The van der Waals surface area contributed by atoms with E-state index >= 15 is 0 Å². The Morgan fingerprint density at radius 3 is 2.39 bits per heavy atom. The van der Waals surface area contributed by atoms with Crippen molar-refractivity contribution in [3.05, 3.63) is 0 Å². The van der Waals surface area contributed by atoms with Crippen molar-refractivity contribution in [3.8, 4) is 0 Å². The molecule has 0 aliphatic heterocycles. The largest absolute Gasteiger partial charge is 0.481 e. The van der Waals surface area contributed by atoms with E-state index in [1.165, 1.54) is 51.4 Å². The Labute approximate surface area is 111 Å². The van der Waals surface area contributed by atoms with Crippen LogP contribution in [-0.2, 0) is 4.79 Å². The van der Waals surface area contributed by atoms with Crippen molar-refractivity contribution in [3.63, 3.8) is 0 Å². The molecule has 0 amide bonds. The highest BCUT2D eigenvalue weighted by molar-refractivity contribution is 5.70. The van der Waals surface area contributed by atoms with E-state index in [9.17, 15) is 9.90 Å². The highest BCUT2D eigenvalue weighted by Crippen LogP contribution is 2.41. The summed E-state index contributed by atoms with van der Waals surface area (Å²) in [6.07, 6.45) is 12.5. The number of carboxylic acids is 1. The Bertz CT molecular complexity index is 268. The van der Waals surface area contributed by atoms with Crippen molar-refractivity contribution < 1.29 is 9.90 Å². The minimum Gasteiger partial charge on any atom is -0.481 e. The third-order valence-corrected chi connectivity index (χ3v) is 5.35. The maximum absolute atomic E-state index is 11.4. The lowest BCUT2D eigenvalue weighted by molar-refractivity contribution is -0.145. The number of carbonyl (C=O) groups is 1. The molecule has 2 aliphatic carbocycles. The van der Waals surface area contributed by atoms with Gasteiger partial charge < -0.3 is 5.11 Å².